The van der Waals surface area contributed by atoms with E-state index in [0.717, 1.165) is 5.56 Å². The van der Waals surface area contributed by atoms with Crippen molar-refractivity contribution in [2.24, 2.45) is 0 Å². The molecule has 0 spiro atoms. The monoisotopic (exact) mass is 291 g/mol. The summed E-state index contributed by atoms with van der Waals surface area (Å²) in [6.07, 6.45) is -0.983. The lowest BCUT2D eigenvalue weighted by Gasteiger charge is -2.27. The molecule has 2 N–H and O–H groups in total. The molecule has 21 heavy (non-hydrogen) atoms. The zero-order chi connectivity index (χ0) is 16.0. The molecule has 4 heteroatoms. The smallest absolute Gasteiger partial charge is 0.326 e. The fourth-order valence-corrected chi connectivity index (χ4v) is 1.80. The summed E-state index contributed by atoms with van der Waals surface area (Å²) in [6, 6.07) is 8.85. The number of aliphatic hydroxyl groups excluding tert-OH is 1. The first-order valence-electron chi connectivity index (χ1n) is 7.04. The Labute approximate surface area is 126 Å². The molecular formula is C17H25NO3. The number of carbonyl (C=O) groups is 1. The summed E-state index contributed by atoms with van der Waals surface area (Å²) >= 11 is 0. The van der Waals surface area contributed by atoms with Gasteiger partial charge in [0.2, 0.25) is 0 Å². The lowest BCUT2D eigenvalue weighted by Crippen LogP contribution is -2.48. The Bertz CT molecular complexity index is 477. The third-order valence-electron chi connectivity index (χ3n) is 2.85. The van der Waals surface area contributed by atoms with Gasteiger partial charge in [-0.1, -0.05) is 42.5 Å². The minimum Gasteiger partial charge on any atom is -0.459 e. The summed E-state index contributed by atoms with van der Waals surface area (Å²) in [4.78, 5) is 12.2. The van der Waals surface area contributed by atoms with E-state index in [9.17, 15) is 9.90 Å². The van der Waals surface area contributed by atoms with Crippen LogP contribution in [0.4, 0.5) is 0 Å². The minimum atomic E-state index is -0.983. The Morgan fingerprint density at radius 2 is 1.90 bits per heavy atom. The molecule has 0 aromatic heterocycles. The van der Waals surface area contributed by atoms with Gasteiger partial charge in [-0.3, -0.25) is 10.1 Å². The maximum Gasteiger partial charge on any atom is 0.326 e. The topological polar surface area (TPSA) is 58.6 Å². The Morgan fingerprint density at radius 3 is 2.38 bits per heavy atom. The van der Waals surface area contributed by atoms with Crippen LogP contribution < -0.4 is 5.32 Å². The molecule has 0 radical (unpaired) electrons. The normalized spacial score (nSPS) is 14.3. The number of esters is 1. The highest BCUT2D eigenvalue weighted by atomic mass is 16.6. The van der Waals surface area contributed by atoms with Gasteiger partial charge in [0.25, 0.3) is 0 Å². The molecule has 0 saturated carbocycles. The van der Waals surface area contributed by atoms with Crippen molar-refractivity contribution in [3.63, 3.8) is 0 Å². The fraction of sp³-hybridized carbons (Fsp3) is 0.471. The maximum atomic E-state index is 12.2. The van der Waals surface area contributed by atoms with E-state index in [1.54, 1.807) is 27.7 Å². The van der Waals surface area contributed by atoms with Crippen molar-refractivity contribution < 1.29 is 14.6 Å². The SMILES string of the molecule is C=C(C)[C@H](O)[C@@H](NCc1ccccc1)C(=O)OC(C)(C)C. The second-order valence-electron chi connectivity index (χ2n) is 6.17. The van der Waals surface area contributed by atoms with Gasteiger partial charge in [0.15, 0.2) is 0 Å². The Kier molecular flexibility index (Phi) is 6.12. The predicted molar refractivity (Wildman–Crippen MR) is 83.7 cm³/mol. The highest BCUT2D eigenvalue weighted by molar-refractivity contribution is 5.77. The lowest BCUT2D eigenvalue weighted by molar-refractivity contribution is -0.160. The summed E-state index contributed by atoms with van der Waals surface area (Å²) in [7, 11) is 0. The van der Waals surface area contributed by atoms with E-state index in [0.29, 0.717) is 12.1 Å². The van der Waals surface area contributed by atoms with E-state index < -0.39 is 23.7 Å². The zero-order valence-corrected chi connectivity index (χ0v) is 13.2. The highest BCUT2D eigenvalue weighted by Crippen LogP contribution is 2.13. The highest BCUT2D eigenvalue weighted by Gasteiger charge is 2.31. The summed E-state index contributed by atoms with van der Waals surface area (Å²) in [5, 5.41) is 13.2. The molecule has 1 aromatic rings. The van der Waals surface area contributed by atoms with Crippen LogP contribution >= 0.6 is 0 Å². The average molecular weight is 291 g/mol. The van der Waals surface area contributed by atoms with E-state index in [2.05, 4.69) is 11.9 Å². The third-order valence-corrected chi connectivity index (χ3v) is 2.85. The zero-order valence-electron chi connectivity index (χ0n) is 13.2. The van der Waals surface area contributed by atoms with Crippen molar-refractivity contribution >= 4 is 5.97 Å². The molecule has 0 aliphatic carbocycles. The van der Waals surface area contributed by atoms with E-state index >= 15 is 0 Å². The summed E-state index contributed by atoms with van der Waals surface area (Å²) in [5.41, 5.74) is 0.949. The number of rotatable bonds is 6. The molecule has 1 rings (SSSR count). The molecule has 0 bridgehead atoms. The van der Waals surface area contributed by atoms with Gasteiger partial charge in [-0.25, -0.2) is 0 Å². The fourth-order valence-electron chi connectivity index (χ4n) is 1.80. The molecule has 0 saturated heterocycles. The maximum absolute atomic E-state index is 12.2. The van der Waals surface area contributed by atoms with Crippen LogP contribution in [-0.4, -0.2) is 28.8 Å². The van der Waals surface area contributed by atoms with Crippen LogP contribution in [0, 0.1) is 0 Å². The van der Waals surface area contributed by atoms with Gasteiger partial charge in [0, 0.05) is 6.54 Å². The standard InChI is InChI=1S/C17H25NO3/c1-12(2)15(19)14(16(20)21-17(3,4)5)18-11-13-9-7-6-8-10-13/h6-10,14-15,18-19H,1,11H2,2-5H3/t14-,15+/m1/s1. The lowest BCUT2D eigenvalue weighted by atomic mass is 10.0. The van der Waals surface area contributed by atoms with Crippen LogP contribution in [-0.2, 0) is 16.1 Å². The Morgan fingerprint density at radius 1 is 1.33 bits per heavy atom. The Balaban J connectivity index is 2.78. The first-order chi connectivity index (χ1) is 9.70. The van der Waals surface area contributed by atoms with Crippen molar-refractivity contribution in [2.75, 3.05) is 0 Å². The van der Waals surface area contributed by atoms with Crippen LogP contribution in [0.3, 0.4) is 0 Å². The number of aliphatic hydroxyl groups is 1. The summed E-state index contributed by atoms with van der Waals surface area (Å²) < 4.78 is 5.36. The molecule has 0 aliphatic heterocycles. The molecule has 0 heterocycles. The number of nitrogens with one attached hydrogen (secondary N) is 1. The van der Waals surface area contributed by atoms with Crippen molar-refractivity contribution in [2.45, 2.75) is 52.0 Å². The second kappa shape index (κ2) is 7.38. The van der Waals surface area contributed by atoms with E-state index in [1.807, 2.05) is 30.3 Å². The molecule has 2 atom stereocenters. The van der Waals surface area contributed by atoms with Gasteiger partial charge in [-0.05, 0) is 33.3 Å². The number of carbonyl (C=O) groups excluding carboxylic acids is 1. The largest absolute Gasteiger partial charge is 0.459 e. The van der Waals surface area contributed by atoms with Gasteiger partial charge in [0.1, 0.15) is 17.7 Å². The number of hydrogen-bond acceptors (Lipinski definition) is 4. The molecule has 4 nitrogen and oxygen atoms in total. The van der Waals surface area contributed by atoms with Crippen LogP contribution in [0.25, 0.3) is 0 Å². The molecule has 1 aromatic carbocycles. The van der Waals surface area contributed by atoms with E-state index in [-0.39, 0.29) is 0 Å². The van der Waals surface area contributed by atoms with Gasteiger partial charge >= 0.3 is 5.97 Å². The predicted octanol–water partition coefficient (Wildman–Crippen LogP) is 2.42. The van der Waals surface area contributed by atoms with E-state index in [4.69, 9.17) is 4.74 Å². The molecular weight excluding hydrogens is 266 g/mol. The van der Waals surface area contributed by atoms with Crippen LogP contribution in [0.5, 0.6) is 0 Å². The van der Waals surface area contributed by atoms with Gasteiger partial charge in [0.05, 0.1) is 0 Å². The molecule has 0 amide bonds. The number of benzene rings is 1. The number of hydrogen-bond donors (Lipinski definition) is 2. The first-order valence-corrected chi connectivity index (χ1v) is 7.04. The Hall–Kier alpha value is -1.65. The van der Waals surface area contributed by atoms with Crippen molar-refractivity contribution in [1.29, 1.82) is 0 Å². The average Bonchev–Trinajstić information content (AvgIpc) is 2.37. The van der Waals surface area contributed by atoms with Crippen LogP contribution in [0.1, 0.15) is 33.3 Å². The van der Waals surface area contributed by atoms with Crippen molar-refractivity contribution in [3.05, 3.63) is 48.0 Å². The van der Waals surface area contributed by atoms with Crippen molar-refractivity contribution in [3.8, 4) is 0 Å². The van der Waals surface area contributed by atoms with Crippen LogP contribution in [0.2, 0.25) is 0 Å². The first kappa shape index (κ1) is 17.4. The molecule has 0 fully saturated rings. The summed E-state index contributed by atoms with van der Waals surface area (Å²) in [5.74, 6) is -0.478. The third kappa shape index (κ3) is 6.10. The summed E-state index contributed by atoms with van der Waals surface area (Å²) in [6.45, 7) is 11.3. The van der Waals surface area contributed by atoms with Crippen LogP contribution in [0.15, 0.2) is 42.5 Å². The second-order valence-corrected chi connectivity index (χ2v) is 6.17. The van der Waals surface area contributed by atoms with Gasteiger partial charge in [-0.2, -0.15) is 0 Å². The van der Waals surface area contributed by atoms with E-state index in [1.165, 1.54) is 0 Å². The van der Waals surface area contributed by atoms with Crippen molar-refractivity contribution in [1.82, 2.24) is 5.32 Å². The van der Waals surface area contributed by atoms with Gasteiger partial charge < -0.3 is 9.84 Å². The quantitative estimate of drug-likeness (QED) is 0.624. The van der Waals surface area contributed by atoms with Gasteiger partial charge in [-0.15, -0.1) is 0 Å². The number of ether oxygens (including phenoxy) is 1. The minimum absolute atomic E-state index is 0.467. The molecule has 0 unspecified atom stereocenters. The molecule has 116 valence electrons. The molecule has 0 aliphatic rings.